The van der Waals surface area contributed by atoms with Gasteiger partial charge in [0.1, 0.15) is 24.6 Å². The molecular weight excluding hydrogens is 341 g/mol. The third-order valence-electron chi connectivity index (χ3n) is 3.74. The number of Topliss-reactive ketones (excluding diaryl/α,β-unsaturated/α-hetero) is 1. The van der Waals surface area contributed by atoms with Crippen LogP contribution in [0.15, 0.2) is 48.5 Å². The van der Waals surface area contributed by atoms with Crippen molar-refractivity contribution in [2.75, 3.05) is 6.54 Å². The molecule has 2 unspecified atom stereocenters. The van der Waals surface area contributed by atoms with Gasteiger partial charge in [-0.05, 0) is 36.2 Å². The first-order chi connectivity index (χ1) is 12.4. The zero-order chi connectivity index (χ0) is 19.1. The Morgan fingerprint density at radius 2 is 1.85 bits per heavy atom. The fraction of sp³-hybridized carbons (Fsp3) is 0.263. The Hall–Kier alpha value is -2.77. The second kappa shape index (κ2) is 9.07. The molecule has 7 heteroatoms. The normalized spacial score (nSPS) is 12.9. The lowest BCUT2D eigenvalue weighted by molar-refractivity contribution is 0.0178. The maximum absolute atomic E-state index is 13.4. The molecule has 0 fully saturated rings. The molecule has 26 heavy (non-hydrogen) atoms. The van der Waals surface area contributed by atoms with Crippen LogP contribution >= 0.6 is 0 Å². The second-order valence-electron chi connectivity index (χ2n) is 5.74. The van der Waals surface area contributed by atoms with Gasteiger partial charge in [-0.1, -0.05) is 30.3 Å². The third kappa shape index (κ3) is 5.37. The molecule has 0 heterocycles. The van der Waals surface area contributed by atoms with Gasteiger partial charge in [-0.2, -0.15) is 0 Å². The van der Waals surface area contributed by atoms with Crippen molar-refractivity contribution in [3.8, 4) is 0 Å². The monoisotopic (exact) mass is 361 g/mol. The van der Waals surface area contributed by atoms with E-state index in [0.29, 0.717) is 0 Å². The number of aliphatic hydroxyl groups excluding tert-OH is 2. The van der Waals surface area contributed by atoms with Crippen LogP contribution in [-0.4, -0.2) is 34.7 Å². The molecule has 0 bridgehead atoms. The summed E-state index contributed by atoms with van der Waals surface area (Å²) in [5.74, 6) is -1.02. The molecule has 2 atom stereocenters. The van der Waals surface area contributed by atoms with E-state index in [2.05, 4.69) is 5.32 Å². The highest BCUT2D eigenvalue weighted by Gasteiger charge is 2.24. The summed E-state index contributed by atoms with van der Waals surface area (Å²) in [4.78, 5) is 23.3. The van der Waals surface area contributed by atoms with Crippen molar-refractivity contribution >= 4 is 11.9 Å². The van der Waals surface area contributed by atoms with E-state index in [4.69, 9.17) is 4.74 Å². The summed E-state index contributed by atoms with van der Waals surface area (Å²) in [5.41, 5.74) is 0.864. The molecular formula is C19H20FNO5. The van der Waals surface area contributed by atoms with E-state index in [1.54, 1.807) is 12.1 Å². The van der Waals surface area contributed by atoms with Gasteiger partial charge in [0.2, 0.25) is 0 Å². The van der Waals surface area contributed by atoms with Crippen LogP contribution in [0.4, 0.5) is 9.18 Å². The van der Waals surface area contributed by atoms with Crippen LogP contribution in [0.1, 0.15) is 34.5 Å². The number of nitrogens with one attached hydrogen (secondary N) is 1. The second-order valence-corrected chi connectivity index (χ2v) is 5.74. The van der Waals surface area contributed by atoms with Gasteiger partial charge in [0.15, 0.2) is 5.78 Å². The number of alkyl carbamates (subject to hydrolysis) is 1. The lowest BCUT2D eigenvalue weighted by Gasteiger charge is -2.20. The van der Waals surface area contributed by atoms with E-state index < -0.39 is 24.1 Å². The van der Waals surface area contributed by atoms with E-state index in [9.17, 15) is 24.2 Å². The quantitative estimate of drug-likeness (QED) is 0.658. The van der Waals surface area contributed by atoms with Gasteiger partial charge in [0, 0.05) is 12.1 Å². The molecule has 0 aliphatic heterocycles. The summed E-state index contributed by atoms with van der Waals surface area (Å²) in [7, 11) is 0. The van der Waals surface area contributed by atoms with Crippen LogP contribution in [0.5, 0.6) is 0 Å². The molecule has 0 saturated carbocycles. The SMILES string of the molecule is CC(=O)c1ccc(F)cc1C(O)C(O)CNC(=O)OCc1ccccc1. The Kier molecular flexibility index (Phi) is 6.82. The smallest absolute Gasteiger partial charge is 0.407 e. The van der Waals surface area contributed by atoms with Crippen LogP contribution in [-0.2, 0) is 11.3 Å². The number of carbonyl (C=O) groups excluding carboxylic acids is 2. The fourth-order valence-electron chi connectivity index (χ4n) is 2.38. The summed E-state index contributed by atoms with van der Waals surface area (Å²) < 4.78 is 18.4. The summed E-state index contributed by atoms with van der Waals surface area (Å²) in [6, 6.07) is 12.4. The first-order valence-corrected chi connectivity index (χ1v) is 7.99. The largest absolute Gasteiger partial charge is 0.445 e. The van der Waals surface area contributed by atoms with Crippen LogP contribution in [0.2, 0.25) is 0 Å². The van der Waals surface area contributed by atoms with Gasteiger partial charge in [0.05, 0.1) is 0 Å². The molecule has 138 valence electrons. The minimum Gasteiger partial charge on any atom is -0.445 e. The zero-order valence-electron chi connectivity index (χ0n) is 14.2. The van der Waals surface area contributed by atoms with Gasteiger partial charge < -0.3 is 20.3 Å². The molecule has 0 aromatic heterocycles. The molecule has 0 aliphatic carbocycles. The number of hydrogen-bond acceptors (Lipinski definition) is 5. The maximum Gasteiger partial charge on any atom is 0.407 e. The Labute approximate surface area is 150 Å². The third-order valence-corrected chi connectivity index (χ3v) is 3.74. The minimum atomic E-state index is -1.54. The minimum absolute atomic E-state index is 0.0375. The molecule has 6 nitrogen and oxygen atoms in total. The number of ether oxygens (including phenoxy) is 1. The lowest BCUT2D eigenvalue weighted by atomic mass is 9.96. The van der Waals surface area contributed by atoms with Crippen molar-refractivity contribution in [3.05, 3.63) is 71.0 Å². The number of rotatable bonds is 7. The lowest BCUT2D eigenvalue weighted by Crippen LogP contribution is -2.36. The predicted octanol–water partition coefficient (Wildman–Crippen LogP) is 2.35. The van der Waals surface area contributed by atoms with Gasteiger partial charge in [-0.25, -0.2) is 9.18 Å². The molecule has 1 amide bonds. The van der Waals surface area contributed by atoms with E-state index in [1.807, 2.05) is 18.2 Å². The molecule has 2 rings (SSSR count). The van der Waals surface area contributed by atoms with Crippen LogP contribution in [0.3, 0.4) is 0 Å². The van der Waals surface area contributed by atoms with Crippen molar-refractivity contribution in [1.82, 2.24) is 5.32 Å². The molecule has 2 aromatic rings. The van der Waals surface area contributed by atoms with E-state index in [0.717, 1.165) is 17.7 Å². The highest BCUT2D eigenvalue weighted by atomic mass is 19.1. The van der Waals surface area contributed by atoms with E-state index in [1.165, 1.54) is 13.0 Å². The van der Waals surface area contributed by atoms with Gasteiger partial charge >= 0.3 is 6.09 Å². The molecule has 0 radical (unpaired) electrons. The zero-order valence-corrected chi connectivity index (χ0v) is 14.2. The van der Waals surface area contributed by atoms with Crippen LogP contribution in [0.25, 0.3) is 0 Å². The fourth-order valence-corrected chi connectivity index (χ4v) is 2.38. The van der Waals surface area contributed by atoms with Crippen molar-refractivity contribution in [1.29, 1.82) is 0 Å². The number of ketones is 1. The highest BCUT2D eigenvalue weighted by Crippen LogP contribution is 2.23. The summed E-state index contributed by atoms with van der Waals surface area (Å²) in [6.45, 7) is 1.00. The van der Waals surface area contributed by atoms with Gasteiger partial charge in [-0.15, -0.1) is 0 Å². The molecule has 0 saturated heterocycles. The molecule has 0 spiro atoms. The number of aliphatic hydroxyl groups is 2. The molecule has 2 aromatic carbocycles. The number of benzene rings is 2. The van der Waals surface area contributed by atoms with E-state index in [-0.39, 0.29) is 30.1 Å². The van der Waals surface area contributed by atoms with Crippen molar-refractivity contribution < 1.29 is 28.9 Å². The predicted molar refractivity (Wildman–Crippen MR) is 92.0 cm³/mol. The van der Waals surface area contributed by atoms with Crippen molar-refractivity contribution in [2.45, 2.75) is 25.7 Å². The topological polar surface area (TPSA) is 95.9 Å². The molecule has 3 N–H and O–H groups in total. The van der Waals surface area contributed by atoms with Crippen molar-refractivity contribution in [3.63, 3.8) is 0 Å². The average molecular weight is 361 g/mol. The number of hydrogen-bond donors (Lipinski definition) is 3. The summed E-state index contributed by atoms with van der Waals surface area (Å²) >= 11 is 0. The first-order valence-electron chi connectivity index (χ1n) is 7.99. The summed E-state index contributed by atoms with van der Waals surface area (Å²) in [6.07, 6.45) is -3.76. The van der Waals surface area contributed by atoms with Gasteiger partial charge in [0.25, 0.3) is 0 Å². The first kappa shape index (κ1) is 19.6. The Morgan fingerprint density at radius 3 is 2.50 bits per heavy atom. The summed E-state index contributed by atoms with van der Waals surface area (Å²) in [5, 5.41) is 22.6. The average Bonchev–Trinajstić information content (AvgIpc) is 2.64. The standard InChI is InChI=1S/C19H20FNO5/c1-12(22)15-8-7-14(20)9-16(15)18(24)17(23)10-21-19(25)26-11-13-5-3-2-4-6-13/h2-9,17-18,23-24H,10-11H2,1H3,(H,21,25). The van der Waals surface area contributed by atoms with E-state index >= 15 is 0 Å². The maximum atomic E-state index is 13.4. The Balaban J connectivity index is 1.91. The highest BCUT2D eigenvalue weighted by molar-refractivity contribution is 5.95. The van der Waals surface area contributed by atoms with Crippen molar-refractivity contribution in [2.24, 2.45) is 0 Å². The molecule has 0 aliphatic rings. The van der Waals surface area contributed by atoms with Gasteiger partial charge in [-0.3, -0.25) is 4.79 Å². The Morgan fingerprint density at radius 1 is 1.15 bits per heavy atom. The van der Waals surface area contributed by atoms with Crippen LogP contribution < -0.4 is 5.32 Å². The number of halogens is 1. The number of amides is 1. The van der Waals surface area contributed by atoms with Crippen LogP contribution in [0, 0.1) is 5.82 Å². The number of carbonyl (C=O) groups is 2. The Bertz CT molecular complexity index is 766.